The van der Waals surface area contributed by atoms with Gasteiger partial charge in [-0.25, -0.2) is 13.8 Å². The molecule has 0 unspecified atom stereocenters. The van der Waals surface area contributed by atoms with Gasteiger partial charge in [0.2, 0.25) is 0 Å². The maximum atomic E-state index is 12.9. The molecule has 2 rings (SSSR count). The van der Waals surface area contributed by atoms with Crippen molar-refractivity contribution in [2.45, 2.75) is 12.3 Å². The van der Waals surface area contributed by atoms with Crippen LogP contribution in [0.3, 0.4) is 0 Å². The Morgan fingerprint density at radius 3 is 2.79 bits per heavy atom. The first-order chi connectivity index (χ1) is 6.57. The first-order valence-corrected chi connectivity index (χ1v) is 4.70. The number of halogens is 3. The monoisotopic (exact) mass is 218 g/mol. The summed E-state index contributed by atoms with van der Waals surface area (Å²) in [5.74, 6) is -2.07. The van der Waals surface area contributed by atoms with E-state index in [1.165, 1.54) is 0 Å². The van der Waals surface area contributed by atoms with Crippen molar-refractivity contribution in [3.63, 3.8) is 0 Å². The van der Waals surface area contributed by atoms with Gasteiger partial charge in [-0.1, -0.05) is 17.7 Å². The predicted molar refractivity (Wildman–Crippen MR) is 51.0 cm³/mol. The molecule has 0 bridgehead atoms. The lowest BCUT2D eigenvalue weighted by atomic mass is 10.3. The van der Waals surface area contributed by atoms with E-state index in [4.69, 9.17) is 11.6 Å². The minimum Gasteiger partial charge on any atom is -0.350 e. The molecular weight excluding hydrogens is 210 g/mol. The summed E-state index contributed by atoms with van der Waals surface area (Å²) >= 11 is 5.67. The van der Waals surface area contributed by atoms with Crippen LogP contribution >= 0.6 is 11.6 Å². The quantitative estimate of drug-likeness (QED) is 0.674. The molecule has 1 fully saturated rings. The number of anilines is 1. The van der Waals surface area contributed by atoms with Gasteiger partial charge in [0.25, 0.3) is 5.92 Å². The Balaban J connectivity index is 2.17. The second kappa shape index (κ2) is 3.35. The van der Waals surface area contributed by atoms with Crippen LogP contribution in [-0.2, 0) is 0 Å². The lowest BCUT2D eigenvalue weighted by Gasteiger charge is -2.16. The summed E-state index contributed by atoms with van der Waals surface area (Å²) in [5.41, 5.74) is 0. The number of hydrogen-bond acceptors (Lipinski definition) is 2. The zero-order chi connectivity index (χ0) is 10.2. The third-order valence-electron chi connectivity index (χ3n) is 2.19. The average molecular weight is 219 g/mol. The Hall–Kier alpha value is -0.900. The Labute approximate surface area is 85.5 Å². The van der Waals surface area contributed by atoms with Crippen molar-refractivity contribution < 1.29 is 8.78 Å². The van der Waals surface area contributed by atoms with Crippen LogP contribution in [0.4, 0.5) is 14.6 Å². The van der Waals surface area contributed by atoms with Gasteiger partial charge in [0.15, 0.2) is 0 Å². The molecule has 0 aliphatic carbocycles. The van der Waals surface area contributed by atoms with E-state index in [2.05, 4.69) is 4.98 Å². The Morgan fingerprint density at radius 2 is 2.21 bits per heavy atom. The van der Waals surface area contributed by atoms with Gasteiger partial charge in [-0.2, -0.15) is 0 Å². The third kappa shape index (κ3) is 1.95. The molecule has 2 heterocycles. The molecule has 0 aromatic carbocycles. The molecule has 0 radical (unpaired) electrons. The topological polar surface area (TPSA) is 16.1 Å². The highest BCUT2D eigenvalue weighted by molar-refractivity contribution is 6.29. The van der Waals surface area contributed by atoms with Crippen molar-refractivity contribution in [1.29, 1.82) is 0 Å². The highest BCUT2D eigenvalue weighted by Crippen LogP contribution is 2.30. The Bertz CT molecular complexity index is 343. The number of pyridine rings is 1. The van der Waals surface area contributed by atoms with E-state index in [1.54, 1.807) is 23.1 Å². The maximum absolute atomic E-state index is 12.9. The second-order valence-corrected chi connectivity index (χ2v) is 3.73. The summed E-state index contributed by atoms with van der Waals surface area (Å²) < 4.78 is 25.8. The predicted octanol–water partition coefficient (Wildman–Crippen LogP) is 2.58. The fourth-order valence-corrected chi connectivity index (χ4v) is 1.66. The molecule has 0 N–H and O–H groups in total. The number of aromatic nitrogens is 1. The van der Waals surface area contributed by atoms with Gasteiger partial charge >= 0.3 is 0 Å². The highest BCUT2D eigenvalue weighted by atomic mass is 35.5. The molecule has 1 aliphatic heterocycles. The summed E-state index contributed by atoms with van der Waals surface area (Å²) in [4.78, 5) is 5.53. The standard InChI is InChI=1S/C9H9ClF2N2/c10-7-2-1-3-8(13-7)14-5-4-9(11,12)6-14/h1-3H,4-6H2. The van der Waals surface area contributed by atoms with Crippen LogP contribution in [0.5, 0.6) is 0 Å². The summed E-state index contributed by atoms with van der Waals surface area (Å²) in [6, 6.07) is 5.02. The number of rotatable bonds is 1. The average Bonchev–Trinajstić information content (AvgIpc) is 2.46. The van der Waals surface area contributed by atoms with Gasteiger partial charge < -0.3 is 4.90 Å². The van der Waals surface area contributed by atoms with Gasteiger partial charge in [-0.15, -0.1) is 0 Å². The van der Waals surface area contributed by atoms with Gasteiger partial charge in [0.1, 0.15) is 11.0 Å². The van der Waals surface area contributed by atoms with E-state index in [1.807, 2.05) is 0 Å². The van der Waals surface area contributed by atoms with E-state index in [-0.39, 0.29) is 13.0 Å². The maximum Gasteiger partial charge on any atom is 0.266 e. The minimum atomic E-state index is -2.59. The van der Waals surface area contributed by atoms with Crippen LogP contribution in [0, 0.1) is 0 Å². The van der Waals surface area contributed by atoms with Crippen LogP contribution in [0.15, 0.2) is 18.2 Å². The molecule has 0 atom stereocenters. The van der Waals surface area contributed by atoms with Crippen LogP contribution in [0.2, 0.25) is 5.15 Å². The first-order valence-electron chi connectivity index (χ1n) is 4.32. The summed E-state index contributed by atoms with van der Waals surface area (Å²) in [7, 11) is 0. The highest BCUT2D eigenvalue weighted by Gasteiger charge is 2.38. The molecule has 1 saturated heterocycles. The summed E-state index contributed by atoms with van der Waals surface area (Å²) in [6.45, 7) is 0.0701. The molecule has 14 heavy (non-hydrogen) atoms. The van der Waals surface area contributed by atoms with E-state index in [9.17, 15) is 8.78 Å². The van der Waals surface area contributed by atoms with Crippen molar-refractivity contribution in [2.75, 3.05) is 18.0 Å². The van der Waals surface area contributed by atoms with E-state index in [0.29, 0.717) is 17.5 Å². The Kier molecular flexibility index (Phi) is 2.31. The van der Waals surface area contributed by atoms with Gasteiger partial charge in [-0.05, 0) is 12.1 Å². The lowest BCUT2D eigenvalue weighted by Crippen LogP contribution is -2.25. The molecule has 5 heteroatoms. The van der Waals surface area contributed by atoms with E-state index >= 15 is 0 Å². The van der Waals surface area contributed by atoms with Crippen LogP contribution in [-0.4, -0.2) is 24.0 Å². The van der Waals surface area contributed by atoms with E-state index in [0.717, 1.165) is 0 Å². The molecule has 1 aromatic heterocycles. The SMILES string of the molecule is FC1(F)CCN(c2cccc(Cl)n2)C1. The molecule has 0 amide bonds. The first kappa shape index (κ1) is 9.65. The fraction of sp³-hybridized carbons (Fsp3) is 0.444. The number of nitrogens with zero attached hydrogens (tertiary/aromatic N) is 2. The van der Waals surface area contributed by atoms with Crippen molar-refractivity contribution in [1.82, 2.24) is 4.98 Å². The summed E-state index contributed by atoms with van der Waals surface area (Å²) in [6.07, 6.45) is -0.110. The molecular formula is C9H9ClF2N2. The minimum absolute atomic E-state index is 0.110. The lowest BCUT2D eigenvalue weighted by molar-refractivity contribution is 0.0257. The van der Waals surface area contributed by atoms with Crippen LogP contribution in [0.1, 0.15) is 6.42 Å². The molecule has 2 nitrogen and oxygen atoms in total. The number of alkyl halides is 2. The van der Waals surface area contributed by atoms with Gasteiger partial charge in [0.05, 0.1) is 6.54 Å². The second-order valence-electron chi connectivity index (χ2n) is 3.35. The Morgan fingerprint density at radius 1 is 1.43 bits per heavy atom. The van der Waals surface area contributed by atoms with Crippen molar-refractivity contribution in [3.8, 4) is 0 Å². The van der Waals surface area contributed by atoms with Crippen molar-refractivity contribution in [2.24, 2.45) is 0 Å². The summed E-state index contributed by atoms with van der Waals surface area (Å²) in [5, 5.41) is 0.331. The molecule has 1 aromatic rings. The number of hydrogen-bond donors (Lipinski definition) is 0. The van der Waals surface area contributed by atoms with Crippen LogP contribution in [0.25, 0.3) is 0 Å². The zero-order valence-electron chi connectivity index (χ0n) is 7.38. The largest absolute Gasteiger partial charge is 0.350 e. The van der Waals surface area contributed by atoms with Gasteiger partial charge in [-0.3, -0.25) is 0 Å². The fourth-order valence-electron chi connectivity index (χ4n) is 1.51. The molecule has 0 spiro atoms. The third-order valence-corrected chi connectivity index (χ3v) is 2.40. The van der Waals surface area contributed by atoms with Crippen molar-refractivity contribution in [3.05, 3.63) is 23.4 Å². The molecule has 76 valence electrons. The smallest absolute Gasteiger partial charge is 0.266 e. The normalized spacial score (nSPS) is 20.1. The molecule has 0 saturated carbocycles. The molecule has 1 aliphatic rings. The van der Waals surface area contributed by atoms with Crippen molar-refractivity contribution >= 4 is 17.4 Å². The zero-order valence-corrected chi connectivity index (χ0v) is 8.14. The van der Waals surface area contributed by atoms with Crippen LogP contribution < -0.4 is 4.90 Å². The van der Waals surface area contributed by atoms with Gasteiger partial charge in [0, 0.05) is 13.0 Å². The van der Waals surface area contributed by atoms with E-state index < -0.39 is 5.92 Å².